The van der Waals surface area contributed by atoms with Crippen LogP contribution in [0.25, 0.3) is 0 Å². The maximum absolute atomic E-state index is 11.6. The maximum Gasteiger partial charge on any atom is 0.407 e. The van der Waals surface area contributed by atoms with Gasteiger partial charge in [0.1, 0.15) is 12.4 Å². The highest BCUT2D eigenvalue weighted by Gasteiger charge is 2.26. The van der Waals surface area contributed by atoms with Gasteiger partial charge in [0.05, 0.1) is 26.9 Å². The molecule has 132 valence electrons. The van der Waals surface area contributed by atoms with E-state index in [0.29, 0.717) is 36.9 Å². The quantitative estimate of drug-likeness (QED) is 0.870. The summed E-state index contributed by atoms with van der Waals surface area (Å²) in [4.78, 5) is 11.6. The SMILES string of the molecule is COc1cc(OCc2ccccc2)c([C@H]2CCOC(=O)N2)cc1OC. The first-order valence-corrected chi connectivity index (χ1v) is 8.07. The summed E-state index contributed by atoms with van der Waals surface area (Å²) in [6.45, 7) is 0.781. The first-order chi connectivity index (χ1) is 12.2. The Morgan fingerprint density at radius 3 is 2.48 bits per heavy atom. The van der Waals surface area contributed by atoms with Crippen molar-refractivity contribution in [2.24, 2.45) is 0 Å². The van der Waals surface area contributed by atoms with Crippen LogP contribution in [0.2, 0.25) is 0 Å². The van der Waals surface area contributed by atoms with E-state index in [0.717, 1.165) is 11.1 Å². The molecule has 6 heteroatoms. The Bertz CT molecular complexity index is 732. The number of alkyl carbamates (subject to hydrolysis) is 1. The lowest BCUT2D eigenvalue weighted by atomic mass is 10.0. The summed E-state index contributed by atoms with van der Waals surface area (Å²) < 4.78 is 21.7. The van der Waals surface area contributed by atoms with E-state index in [-0.39, 0.29) is 6.04 Å². The van der Waals surface area contributed by atoms with Crippen LogP contribution in [0.3, 0.4) is 0 Å². The van der Waals surface area contributed by atoms with Crippen LogP contribution in [0.4, 0.5) is 4.79 Å². The number of nitrogens with one attached hydrogen (secondary N) is 1. The van der Waals surface area contributed by atoms with Crippen molar-refractivity contribution in [2.75, 3.05) is 20.8 Å². The van der Waals surface area contributed by atoms with E-state index >= 15 is 0 Å². The number of ether oxygens (including phenoxy) is 4. The van der Waals surface area contributed by atoms with Crippen molar-refractivity contribution in [3.8, 4) is 17.2 Å². The van der Waals surface area contributed by atoms with Gasteiger partial charge in [-0.25, -0.2) is 4.79 Å². The van der Waals surface area contributed by atoms with Crippen LogP contribution in [0.15, 0.2) is 42.5 Å². The third-order valence-corrected chi connectivity index (χ3v) is 4.06. The van der Waals surface area contributed by atoms with Crippen molar-refractivity contribution in [1.29, 1.82) is 0 Å². The largest absolute Gasteiger partial charge is 0.493 e. The van der Waals surface area contributed by atoms with E-state index in [4.69, 9.17) is 18.9 Å². The van der Waals surface area contributed by atoms with E-state index in [1.807, 2.05) is 36.4 Å². The first kappa shape index (κ1) is 17.0. The minimum absolute atomic E-state index is 0.202. The van der Waals surface area contributed by atoms with Crippen LogP contribution in [-0.4, -0.2) is 26.9 Å². The highest BCUT2D eigenvalue weighted by molar-refractivity contribution is 5.69. The lowest BCUT2D eigenvalue weighted by Crippen LogP contribution is -2.35. The normalized spacial score (nSPS) is 16.6. The van der Waals surface area contributed by atoms with Gasteiger partial charge in [-0.1, -0.05) is 30.3 Å². The van der Waals surface area contributed by atoms with Crippen molar-refractivity contribution in [3.05, 3.63) is 53.6 Å². The third kappa shape index (κ3) is 3.96. The van der Waals surface area contributed by atoms with Crippen LogP contribution in [-0.2, 0) is 11.3 Å². The molecule has 0 aromatic heterocycles. The van der Waals surface area contributed by atoms with Crippen LogP contribution in [0.1, 0.15) is 23.6 Å². The molecule has 1 amide bonds. The van der Waals surface area contributed by atoms with Gasteiger partial charge in [0.15, 0.2) is 11.5 Å². The van der Waals surface area contributed by atoms with E-state index in [2.05, 4.69) is 5.32 Å². The molecule has 0 bridgehead atoms. The van der Waals surface area contributed by atoms with Crippen LogP contribution < -0.4 is 19.5 Å². The Kier molecular flexibility index (Phi) is 5.28. The molecule has 0 saturated carbocycles. The van der Waals surface area contributed by atoms with Gasteiger partial charge in [0.25, 0.3) is 0 Å². The maximum atomic E-state index is 11.6. The standard InChI is InChI=1S/C19H21NO5/c1-22-17-10-14(15-8-9-24-19(21)20-15)16(11-18(17)23-2)25-12-13-6-4-3-5-7-13/h3-7,10-11,15H,8-9,12H2,1-2H3,(H,20,21)/t15-/m1/s1. The fourth-order valence-electron chi connectivity index (χ4n) is 2.77. The van der Waals surface area contributed by atoms with E-state index < -0.39 is 6.09 Å². The zero-order chi connectivity index (χ0) is 17.6. The van der Waals surface area contributed by atoms with E-state index in [1.54, 1.807) is 20.3 Å². The number of hydrogen-bond acceptors (Lipinski definition) is 5. The number of benzene rings is 2. The van der Waals surface area contributed by atoms with Crippen LogP contribution in [0.5, 0.6) is 17.2 Å². The molecule has 0 radical (unpaired) electrons. The summed E-state index contributed by atoms with van der Waals surface area (Å²) in [5, 5.41) is 2.82. The van der Waals surface area contributed by atoms with Crippen LogP contribution in [0, 0.1) is 0 Å². The van der Waals surface area contributed by atoms with E-state index in [9.17, 15) is 4.79 Å². The fraction of sp³-hybridized carbons (Fsp3) is 0.316. The van der Waals surface area contributed by atoms with Crippen molar-refractivity contribution < 1.29 is 23.7 Å². The highest BCUT2D eigenvalue weighted by atomic mass is 16.6. The molecule has 1 heterocycles. The molecule has 0 unspecified atom stereocenters. The average molecular weight is 343 g/mol. The predicted molar refractivity (Wildman–Crippen MR) is 92.2 cm³/mol. The minimum atomic E-state index is -0.431. The Morgan fingerprint density at radius 1 is 1.08 bits per heavy atom. The number of cyclic esters (lactones) is 1. The molecule has 2 aromatic carbocycles. The molecule has 1 fully saturated rings. The molecule has 1 aliphatic rings. The first-order valence-electron chi connectivity index (χ1n) is 8.07. The third-order valence-electron chi connectivity index (χ3n) is 4.06. The lowest BCUT2D eigenvalue weighted by molar-refractivity contribution is 0.115. The second-order valence-electron chi connectivity index (χ2n) is 5.64. The Balaban J connectivity index is 1.91. The van der Waals surface area contributed by atoms with Crippen molar-refractivity contribution in [2.45, 2.75) is 19.1 Å². The van der Waals surface area contributed by atoms with Gasteiger partial charge < -0.3 is 24.3 Å². The molecule has 0 aliphatic carbocycles. The summed E-state index contributed by atoms with van der Waals surface area (Å²) in [5.74, 6) is 1.81. The molecule has 2 aromatic rings. The van der Waals surface area contributed by atoms with Gasteiger partial charge in [-0.3, -0.25) is 0 Å². The van der Waals surface area contributed by atoms with Gasteiger partial charge >= 0.3 is 6.09 Å². The van der Waals surface area contributed by atoms with Crippen molar-refractivity contribution in [3.63, 3.8) is 0 Å². The van der Waals surface area contributed by atoms with Crippen LogP contribution >= 0.6 is 0 Å². The van der Waals surface area contributed by atoms with E-state index in [1.165, 1.54) is 0 Å². The molecular formula is C19H21NO5. The molecule has 1 saturated heterocycles. The molecule has 1 atom stereocenters. The smallest absolute Gasteiger partial charge is 0.407 e. The number of carbonyl (C=O) groups is 1. The van der Waals surface area contributed by atoms with Crippen molar-refractivity contribution >= 4 is 6.09 Å². The molecule has 6 nitrogen and oxygen atoms in total. The summed E-state index contributed by atoms with van der Waals surface area (Å²) in [5.41, 5.74) is 1.89. The van der Waals surface area contributed by atoms with Gasteiger partial charge in [-0.2, -0.15) is 0 Å². The second-order valence-corrected chi connectivity index (χ2v) is 5.64. The number of methoxy groups -OCH3 is 2. The predicted octanol–water partition coefficient (Wildman–Crippen LogP) is 3.45. The summed E-state index contributed by atoms with van der Waals surface area (Å²) in [7, 11) is 3.16. The zero-order valence-electron chi connectivity index (χ0n) is 14.3. The zero-order valence-corrected chi connectivity index (χ0v) is 14.3. The van der Waals surface area contributed by atoms with Gasteiger partial charge in [-0.15, -0.1) is 0 Å². The lowest BCUT2D eigenvalue weighted by Gasteiger charge is -2.26. The minimum Gasteiger partial charge on any atom is -0.493 e. The number of rotatable bonds is 6. The topological polar surface area (TPSA) is 66.0 Å². The Morgan fingerprint density at radius 2 is 1.80 bits per heavy atom. The van der Waals surface area contributed by atoms with Crippen molar-refractivity contribution in [1.82, 2.24) is 5.32 Å². The highest BCUT2D eigenvalue weighted by Crippen LogP contribution is 2.39. The molecule has 1 aliphatic heterocycles. The monoisotopic (exact) mass is 343 g/mol. The van der Waals surface area contributed by atoms with Gasteiger partial charge in [0.2, 0.25) is 0 Å². The van der Waals surface area contributed by atoms with Gasteiger partial charge in [0, 0.05) is 18.1 Å². The Labute approximate surface area is 146 Å². The number of amides is 1. The number of hydrogen-bond donors (Lipinski definition) is 1. The fourth-order valence-corrected chi connectivity index (χ4v) is 2.77. The summed E-state index contributed by atoms with van der Waals surface area (Å²) >= 11 is 0. The average Bonchev–Trinajstić information content (AvgIpc) is 2.66. The Hall–Kier alpha value is -2.89. The molecular weight excluding hydrogens is 322 g/mol. The molecule has 1 N–H and O–H groups in total. The molecule has 25 heavy (non-hydrogen) atoms. The summed E-state index contributed by atoms with van der Waals surface area (Å²) in [6.07, 6.45) is 0.225. The second kappa shape index (κ2) is 7.79. The molecule has 0 spiro atoms. The number of carbonyl (C=O) groups excluding carboxylic acids is 1. The summed E-state index contributed by atoms with van der Waals surface area (Å²) in [6, 6.07) is 13.3. The molecule has 3 rings (SSSR count). The van der Waals surface area contributed by atoms with Gasteiger partial charge in [-0.05, 0) is 11.6 Å².